The molecule has 1 fully saturated rings. The van der Waals surface area contributed by atoms with Crippen molar-refractivity contribution in [1.82, 2.24) is 14.8 Å². The molecule has 1 aromatic heterocycles. The molecular weight excluding hydrogens is 413 g/mol. The molecule has 3 amide bonds. The summed E-state index contributed by atoms with van der Waals surface area (Å²) in [5, 5.41) is 5.21. The highest BCUT2D eigenvalue weighted by atomic mass is 19.1. The number of ether oxygens (including phenoxy) is 1. The van der Waals surface area contributed by atoms with E-state index < -0.39 is 11.8 Å². The molecule has 0 unspecified atom stereocenters. The maximum absolute atomic E-state index is 14.9. The standard InChI is InChI=1S/C23H30FN5O3/c1-3-32-23(31)29-14-12-28(13-15-29)11-5-7-18-6-4-8-20(21(18)24)27-22(30)26-19-10-9-17(2)25-16-19/h4,6,8-10,16H,3,5,7,11-15H2,1-2H3,(H2,26,27,30). The molecule has 1 saturated heterocycles. The highest BCUT2D eigenvalue weighted by Gasteiger charge is 2.21. The van der Waals surface area contributed by atoms with Crippen LogP contribution in [-0.4, -0.2) is 66.2 Å². The van der Waals surface area contributed by atoms with Gasteiger partial charge < -0.3 is 20.3 Å². The summed E-state index contributed by atoms with van der Waals surface area (Å²) >= 11 is 0. The van der Waals surface area contributed by atoms with E-state index in [2.05, 4.69) is 20.5 Å². The van der Waals surface area contributed by atoms with Crippen LogP contribution >= 0.6 is 0 Å². The molecule has 2 heterocycles. The van der Waals surface area contributed by atoms with Crippen molar-refractivity contribution in [2.45, 2.75) is 26.7 Å². The lowest BCUT2D eigenvalue weighted by Crippen LogP contribution is -2.49. The minimum atomic E-state index is -0.522. The number of anilines is 2. The first kappa shape index (κ1) is 23.5. The number of rotatable bonds is 7. The predicted molar refractivity (Wildman–Crippen MR) is 121 cm³/mol. The van der Waals surface area contributed by atoms with E-state index in [0.29, 0.717) is 37.4 Å². The Morgan fingerprint density at radius 2 is 1.91 bits per heavy atom. The average molecular weight is 444 g/mol. The average Bonchev–Trinajstić information content (AvgIpc) is 2.78. The Labute approximate surface area is 187 Å². The van der Waals surface area contributed by atoms with Crippen LogP contribution in [-0.2, 0) is 11.2 Å². The van der Waals surface area contributed by atoms with Gasteiger partial charge in [-0.05, 0) is 57.0 Å². The number of hydrogen-bond donors (Lipinski definition) is 2. The number of aromatic nitrogens is 1. The maximum Gasteiger partial charge on any atom is 0.409 e. The van der Waals surface area contributed by atoms with Crippen molar-refractivity contribution < 1.29 is 18.7 Å². The summed E-state index contributed by atoms with van der Waals surface area (Å²) in [6, 6.07) is 8.02. The van der Waals surface area contributed by atoms with Crippen LogP contribution in [0.25, 0.3) is 0 Å². The van der Waals surface area contributed by atoms with Crippen LogP contribution < -0.4 is 10.6 Å². The molecule has 1 aliphatic heterocycles. The highest BCUT2D eigenvalue weighted by Crippen LogP contribution is 2.20. The van der Waals surface area contributed by atoms with E-state index in [0.717, 1.165) is 31.7 Å². The lowest BCUT2D eigenvalue weighted by Gasteiger charge is -2.34. The molecular formula is C23H30FN5O3. The number of pyridine rings is 1. The lowest BCUT2D eigenvalue weighted by atomic mass is 10.1. The summed E-state index contributed by atoms with van der Waals surface area (Å²) in [5.74, 6) is -0.420. The monoisotopic (exact) mass is 443 g/mol. The fraction of sp³-hybridized carbons (Fsp3) is 0.435. The summed E-state index contributed by atoms with van der Waals surface area (Å²) in [7, 11) is 0. The summed E-state index contributed by atoms with van der Waals surface area (Å²) in [6.07, 6.45) is 2.62. The van der Waals surface area contributed by atoms with E-state index in [1.54, 1.807) is 48.4 Å². The molecule has 32 heavy (non-hydrogen) atoms. The zero-order valence-electron chi connectivity index (χ0n) is 18.6. The van der Waals surface area contributed by atoms with Crippen LogP contribution in [0.2, 0.25) is 0 Å². The van der Waals surface area contributed by atoms with E-state index in [-0.39, 0.29) is 11.8 Å². The van der Waals surface area contributed by atoms with Crippen molar-refractivity contribution in [2.75, 3.05) is 50.0 Å². The van der Waals surface area contributed by atoms with Crippen LogP contribution in [0.15, 0.2) is 36.5 Å². The molecule has 2 N–H and O–H groups in total. The van der Waals surface area contributed by atoms with Crippen LogP contribution in [0.3, 0.4) is 0 Å². The summed E-state index contributed by atoms with van der Waals surface area (Å²) in [6.45, 7) is 7.67. The fourth-order valence-electron chi connectivity index (χ4n) is 3.56. The summed E-state index contributed by atoms with van der Waals surface area (Å²) in [4.78, 5) is 32.1. The van der Waals surface area contributed by atoms with Crippen LogP contribution in [0.4, 0.5) is 25.4 Å². The molecule has 2 aromatic rings. The topological polar surface area (TPSA) is 86.8 Å². The minimum absolute atomic E-state index is 0.142. The van der Waals surface area contributed by atoms with Crippen molar-refractivity contribution >= 4 is 23.5 Å². The molecule has 8 nitrogen and oxygen atoms in total. The number of halogens is 1. The predicted octanol–water partition coefficient (Wildman–Crippen LogP) is 3.88. The second kappa shape index (κ2) is 11.4. The Morgan fingerprint density at radius 3 is 2.59 bits per heavy atom. The minimum Gasteiger partial charge on any atom is -0.450 e. The number of urea groups is 1. The van der Waals surface area contributed by atoms with E-state index in [4.69, 9.17) is 4.74 Å². The van der Waals surface area contributed by atoms with Crippen molar-refractivity contribution in [1.29, 1.82) is 0 Å². The van der Waals surface area contributed by atoms with Crippen molar-refractivity contribution in [2.24, 2.45) is 0 Å². The van der Waals surface area contributed by atoms with Gasteiger partial charge in [-0.25, -0.2) is 14.0 Å². The molecule has 9 heteroatoms. The molecule has 0 radical (unpaired) electrons. The third kappa shape index (κ3) is 6.65. The van der Waals surface area contributed by atoms with Gasteiger partial charge in [0.25, 0.3) is 0 Å². The summed E-state index contributed by atoms with van der Waals surface area (Å²) < 4.78 is 19.9. The second-order valence-electron chi connectivity index (χ2n) is 7.68. The van der Waals surface area contributed by atoms with Gasteiger partial charge in [0, 0.05) is 31.9 Å². The molecule has 172 valence electrons. The number of carbonyl (C=O) groups excluding carboxylic acids is 2. The molecule has 0 atom stereocenters. The van der Waals surface area contributed by atoms with Gasteiger partial charge in [0.2, 0.25) is 0 Å². The Morgan fingerprint density at radius 1 is 1.12 bits per heavy atom. The number of amides is 3. The number of piperazine rings is 1. The number of aryl methyl sites for hydroxylation is 2. The number of carbonyl (C=O) groups is 2. The molecule has 1 aromatic carbocycles. The Bertz CT molecular complexity index is 914. The first-order chi connectivity index (χ1) is 15.5. The lowest BCUT2D eigenvalue weighted by molar-refractivity contribution is 0.0794. The van der Waals surface area contributed by atoms with E-state index >= 15 is 0 Å². The molecule has 0 aliphatic carbocycles. The Kier molecular flexibility index (Phi) is 8.38. The summed E-state index contributed by atoms with van der Waals surface area (Å²) in [5.41, 5.74) is 2.08. The van der Waals surface area contributed by atoms with Crippen molar-refractivity contribution in [3.05, 3.63) is 53.6 Å². The van der Waals surface area contributed by atoms with Crippen molar-refractivity contribution in [3.63, 3.8) is 0 Å². The maximum atomic E-state index is 14.9. The van der Waals surface area contributed by atoms with Crippen molar-refractivity contribution in [3.8, 4) is 0 Å². The van der Waals surface area contributed by atoms with Crippen LogP contribution in [0.5, 0.6) is 0 Å². The zero-order valence-corrected chi connectivity index (χ0v) is 18.6. The van der Waals surface area contributed by atoms with Gasteiger partial charge in [0.05, 0.1) is 24.2 Å². The Balaban J connectivity index is 1.46. The van der Waals surface area contributed by atoms with Gasteiger partial charge in [-0.15, -0.1) is 0 Å². The SMILES string of the molecule is CCOC(=O)N1CCN(CCCc2cccc(NC(=O)Nc3ccc(C)nc3)c2F)CC1. The van der Waals surface area contributed by atoms with E-state index in [1.807, 2.05) is 6.92 Å². The first-order valence-electron chi connectivity index (χ1n) is 10.9. The fourth-order valence-corrected chi connectivity index (χ4v) is 3.56. The second-order valence-corrected chi connectivity index (χ2v) is 7.68. The van der Waals surface area contributed by atoms with Gasteiger partial charge in [0.1, 0.15) is 5.82 Å². The molecule has 0 saturated carbocycles. The number of hydrogen-bond acceptors (Lipinski definition) is 5. The molecule has 0 spiro atoms. The third-order valence-corrected chi connectivity index (χ3v) is 5.31. The quantitative estimate of drug-likeness (QED) is 0.678. The van der Waals surface area contributed by atoms with Gasteiger partial charge in [-0.3, -0.25) is 9.88 Å². The van der Waals surface area contributed by atoms with Gasteiger partial charge >= 0.3 is 12.1 Å². The molecule has 0 bridgehead atoms. The van der Waals surface area contributed by atoms with E-state index in [1.165, 1.54) is 0 Å². The molecule has 1 aliphatic rings. The van der Waals surface area contributed by atoms with Crippen LogP contribution in [0, 0.1) is 12.7 Å². The van der Waals surface area contributed by atoms with Gasteiger partial charge in [-0.1, -0.05) is 12.1 Å². The van der Waals surface area contributed by atoms with Gasteiger partial charge in [0.15, 0.2) is 0 Å². The zero-order chi connectivity index (χ0) is 22.9. The smallest absolute Gasteiger partial charge is 0.409 e. The third-order valence-electron chi connectivity index (χ3n) is 5.31. The number of benzene rings is 1. The highest BCUT2D eigenvalue weighted by molar-refractivity contribution is 5.99. The van der Waals surface area contributed by atoms with E-state index in [9.17, 15) is 14.0 Å². The number of nitrogens with one attached hydrogen (secondary N) is 2. The van der Waals surface area contributed by atoms with Gasteiger partial charge in [-0.2, -0.15) is 0 Å². The molecule has 3 rings (SSSR count). The first-order valence-corrected chi connectivity index (χ1v) is 10.9. The largest absolute Gasteiger partial charge is 0.450 e. The normalized spacial score (nSPS) is 14.2. The van der Waals surface area contributed by atoms with Crippen LogP contribution in [0.1, 0.15) is 24.6 Å². The number of nitrogens with zero attached hydrogens (tertiary/aromatic N) is 3. The Hall–Kier alpha value is -3.20.